The van der Waals surface area contributed by atoms with Crippen LogP contribution in [0.4, 0.5) is 4.39 Å². The van der Waals surface area contributed by atoms with E-state index in [4.69, 9.17) is 0 Å². The molecule has 1 heterocycles. The third-order valence-electron chi connectivity index (χ3n) is 3.04. The molecule has 2 unspecified atom stereocenters. The molecule has 88 valence electrons. The van der Waals surface area contributed by atoms with Crippen LogP contribution in [0, 0.1) is 11.7 Å². The largest absolute Gasteiger partial charge is 0.313 e. The van der Waals surface area contributed by atoms with Crippen molar-refractivity contribution in [3.8, 4) is 0 Å². The summed E-state index contributed by atoms with van der Waals surface area (Å²) in [6.07, 6.45) is 1.17. The minimum absolute atomic E-state index is 0.112. The molecular weight excluding hydrogens is 289 g/mol. The van der Waals surface area contributed by atoms with Crippen LogP contribution in [0.5, 0.6) is 0 Å². The number of thioether (sulfide) groups is 1. The van der Waals surface area contributed by atoms with Gasteiger partial charge in [0.2, 0.25) is 0 Å². The Morgan fingerprint density at radius 3 is 3.00 bits per heavy atom. The second kappa shape index (κ2) is 5.52. The molecule has 16 heavy (non-hydrogen) atoms. The van der Waals surface area contributed by atoms with Crippen molar-refractivity contribution in [2.24, 2.45) is 5.92 Å². The molecule has 2 atom stereocenters. The first kappa shape index (κ1) is 12.4. The van der Waals surface area contributed by atoms with E-state index in [-0.39, 0.29) is 11.9 Å². The van der Waals surface area contributed by atoms with Crippen molar-refractivity contribution in [2.45, 2.75) is 12.5 Å². The number of benzene rings is 1. The molecule has 0 bridgehead atoms. The average Bonchev–Trinajstić information content (AvgIpc) is 2.78. The lowest BCUT2D eigenvalue weighted by molar-refractivity contribution is 0.404. The maximum absolute atomic E-state index is 13.8. The maximum Gasteiger partial charge on any atom is 0.128 e. The molecule has 1 aliphatic heterocycles. The van der Waals surface area contributed by atoms with Crippen LogP contribution in [-0.4, -0.2) is 18.6 Å². The van der Waals surface area contributed by atoms with Crippen LogP contribution >= 0.6 is 27.7 Å². The molecule has 0 aliphatic carbocycles. The molecular formula is C12H15BrFNS. The van der Waals surface area contributed by atoms with E-state index >= 15 is 0 Å². The molecule has 0 amide bonds. The van der Waals surface area contributed by atoms with Gasteiger partial charge in [-0.05, 0) is 49.1 Å². The summed E-state index contributed by atoms with van der Waals surface area (Å²) < 4.78 is 14.7. The van der Waals surface area contributed by atoms with Gasteiger partial charge in [0, 0.05) is 16.1 Å². The van der Waals surface area contributed by atoms with E-state index in [1.54, 1.807) is 6.07 Å². The Morgan fingerprint density at radius 1 is 1.56 bits per heavy atom. The minimum atomic E-state index is -0.112. The van der Waals surface area contributed by atoms with Crippen LogP contribution in [0.1, 0.15) is 18.0 Å². The van der Waals surface area contributed by atoms with Crippen LogP contribution < -0.4 is 5.32 Å². The van der Waals surface area contributed by atoms with Crippen LogP contribution in [0.25, 0.3) is 0 Å². The molecule has 1 N–H and O–H groups in total. The molecule has 1 nitrogen and oxygen atoms in total. The van der Waals surface area contributed by atoms with E-state index in [9.17, 15) is 4.39 Å². The summed E-state index contributed by atoms with van der Waals surface area (Å²) in [6, 6.07) is 5.30. The zero-order valence-electron chi connectivity index (χ0n) is 9.17. The van der Waals surface area contributed by atoms with E-state index in [0.717, 1.165) is 15.8 Å². The third kappa shape index (κ3) is 2.60. The van der Waals surface area contributed by atoms with Gasteiger partial charge in [-0.15, -0.1) is 0 Å². The highest BCUT2D eigenvalue weighted by Crippen LogP contribution is 2.35. The van der Waals surface area contributed by atoms with Crippen molar-refractivity contribution in [3.63, 3.8) is 0 Å². The van der Waals surface area contributed by atoms with Crippen molar-refractivity contribution < 1.29 is 4.39 Å². The number of nitrogens with one attached hydrogen (secondary N) is 1. The van der Waals surface area contributed by atoms with Crippen molar-refractivity contribution in [3.05, 3.63) is 34.1 Å². The van der Waals surface area contributed by atoms with Gasteiger partial charge in [0.25, 0.3) is 0 Å². The monoisotopic (exact) mass is 303 g/mol. The van der Waals surface area contributed by atoms with Crippen molar-refractivity contribution in [1.82, 2.24) is 5.32 Å². The summed E-state index contributed by atoms with van der Waals surface area (Å²) in [6.45, 7) is 0. The van der Waals surface area contributed by atoms with Crippen LogP contribution in [-0.2, 0) is 0 Å². The van der Waals surface area contributed by atoms with E-state index in [1.165, 1.54) is 18.2 Å². The summed E-state index contributed by atoms with van der Waals surface area (Å²) in [5.41, 5.74) is 0.782. The molecule has 1 saturated heterocycles. The smallest absolute Gasteiger partial charge is 0.128 e. The van der Waals surface area contributed by atoms with Gasteiger partial charge in [0.05, 0.1) is 0 Å². The Morgan fingerprint density at radius 2 is 2.38 bits per heavy atom. The Hall–Kier alpha value is -0.0600. The van der Waals surface area contributed by atoms with E-state index in [1.807, 2.05) is 24.9 Å². The SMILES string of the molecule is CNC(c1cc(Br)ccc1F)C1CCSC1. The van der Waals surface area contributed by atoms with Gasteiger partial charge in [-0.2, -0.15) is 11.8 Å². The highest BCUT2D eigenvalue weighted by atomic mass is 79.9. The Labute approximate surface area is 108 Å². The minimum Gasteiger partial charge on any atom is -0.313 e. The van der Waals surface area contributed by atoms with Crippen molar-refractivity contribution >= 4 is 27.7 Å². The first-order valence-corrected chi connectivity index (χ1v) is 7.37. The first-order chi connectivity index (χ1) is 7.72. The number of halogens is 2. The average molecular weight is 304 g/mol. The molecule has 0 spiro atoms. The molecule has 1 aromatic rings. The third-order valence-corrected chi connectivity index (χ3v) is 4.72. The molecule has 1 fully saturated rings. The van der Waals surface area contributed by atoms with Crippen LogP contribution in [0.3, 0.4) is 0 Å². The summed E-state index contributed by atoms with van der Waals surface area (Å²) in [7, 11) is 1.91. The Kier molecular flexibility index (Phi) is 4.27. The predicted octanol–water partition coefficient (Wildman–Crippen LogP) is 3.60. The summed E-state index contributed by atoms with van der Waals surface area (Å²) in [5.74, 6) is 2.74. The highest BCUT2D eigenvalue weighted by Gasteiger charge is 2.27. The van der Waals surface area contributed by atoms with Crippen molar-refractivity contribution in [1.29, 1.82) is 0 Å². The number of rotatable bonds is 3. The second-order valence-corrected chi connectivity index (χ2v) is 6.12. The van der Waals surface area contributed by atoms with Gasteiger partial charge < -0.3 is 5.32 Å². The fraction of sp³-hybridized carbons (Fsp3) is 0.500. The molecule has 0 radical (unpaired) electrons. The first-order valence-electron chi connectivity index (χ1n) is 5.42. The van der Waals surface area contributed by atoms with Gasteiger partial charge in [0.1, 0.15) is 5.82 Å². The molecule has 0 saturated carbocycles. The number of hydrogen-bond acceptors (Lipinski definition) is 2. The van der Waals surface area contributed by atoms with Gasteiger partial charge in [0.15, 0.2) is 0 Å². The molecule has 4 heteroatoms. The lowest BCUT2D eigenvalue weighted by Gasteiger charge is -2.23. The van der Waals surface area contributed by atoms with Gasteiger partial charge in [-0.1, -0.05) is 15.9 Å². The fourth-order valence-corrected chi connectivity index (χ4v) is 3.89. The molecule has 0 aromatic heterocycles. The Bertz CT molecular complexity index is 366. The zero-order valence-corrected chi connectivity index (χ0v) is 11.6. The molecule has 1 aromatic carbocycles. The number of hydrogen-bond donors (Lipinski definition) is 1. The standard InChI is InChI=1S/C12H15BrFNS/c1-15-12(8-4-5-16-7-8)10-6-9(13)2-3-11(10)14/h2-3,6,8,12,15H,4-5,7H2,1H3. The predicted molar refractivity (Wildman–Crippen MR) is 71.3 cm³/mol. The highest BCUT2D eigenvalue weighted by molar-refractivity contribution is 9.10. The summed E-state index contributed by atoms with van der Waals surface area (Å²) >= 11 is 5.36. The van der Waals surface area contributed by atoms with Crippen LogP contribution in [0.15, 0.2) is 22.7 Å². The van der Waals surface area contributed by atoms with Gasteiger partial charge in [-0.3, -0.25) is 0 Å². The second-order valence-electron chi connectivity index (χ2n) is 4.06. The topological polar surface area (TPSA) is 12.0 Å². The molecule has 2 rings (SSSR count). The fourth-order valence-electron chi connectivity index (χ4n) is 2.21. The van der Waals surface area contributed by atoms with Gasteiger partial charge >= 0.3 is 0 Å². The summed E-state index contributed by atoms with van der Waals surface area (Å²) in [4.78, 5) is 0. The van der Waals surface area contributed by atoms with Gasteiger partial charge in [-0.25, -0.2) is 4.39 Å². The normalized spacial score (nSPS) is 22.3. The lowest BCUT2D eigenvalue weighted by Crippen LogP contribution is -2.26. The van der Waals surface area contributed by atoms with E-state index < -0.39 is 0 Å². The van der Waals surface area contributed by atoms with Crippen LogP contribution in [0.2, 0.25) is 0 Å². The van der Waals surface area contributed by atoms with E-state index in [0.29, 0.717) is 5.92 Å². The quantitative estimate of drug-likeness (QED) is 0.915. The lowest BCUT2D eigenvalue weighted by atomic mass is 9.92. The maximum atomic E-state index is 13.8. The summed E-state index contributed by atoms with van der Waals surface area (Å²) in [5, 5.41) is 3.25. The van der Waals surface area contributed by atoms with E-state index in [2.05, 4.69) is 21.2 Å². The zero-order chi connectivity index (χ0) is 11.5. The Balaban J connectivity index is 2.28. The molecule has 1 aliphatic rings. The van der Waals surface area contributed by atoms with Crippen molar-refractivity contribution in [2.75, 3.05) is 18.6 Å².